The number of rotatable bonds is 8. The van der Waals surface area contributed by atoms with E-state index < -0.39 is 0 Å². The molecule has 17 heavy (non-hydrogen) atoms. The average Bonchev–Trinajstić information content (AvgIpc) is 2.72. The molecule has 0 spiro atoms. The minimum Gasteiger partial charge on any atom is -0.314 e. The van der Waals surface area contributed by atoms with Crippen LogP contribution in [-0.4, -0.2) is 14.8 Å². The van der Waals surface area contributed by atoms with Crippen LogP contribution in [0.5, 0.6) is 0 Å². The van der Waals surface area contributed by atoms with E-state index in [0.29, 0.717) is 11.8 Å². The smallest absolute Gasteiger partial charge is 0.147 e. The summed E-state index contributed by atoms with van der Waals surface area (Å²) in [6.07, 6.45) is 5.87. The number of aromatic nitrogens is 3. The van der Waals surface area contributed by atoms with Crippen molar-refractivity contribution in [3.05, 3.63) is 11.6 Å². The average molecular weight is 258 g/mol. The highest BCUT2D eigenvalue weighted by molar-refractivity contribution is 6.16. The SMILES string of the molecule is CCCC(CCC)c1nnc(CCl)n1CCC. The van der Waals surface area contributed by atoms with Crippen LogP contribution in [0.3, 0.4) is 0 Å². The van der Waals surface area contributed by atoms with Gasteiger partial charge in [0.05, 0.1) is 5.88 Å². The van der Waals surface area contributed by atoms with E-state index in [9.17, 15) is 0 Å². The van der Waals surface area contributed by atoms with Gasteiger partial charge >= 0.3 is 0 Å². The summed E-state index contributed by atoms with van der Waals surface area (Å²) in [4.78, 5) is 0. The fourth-order valence-electron chi connectivity index (χ4n) is 2.32. The van der Waals surface area contributed by atoms with E-state index in [1.807, 2.05) is 0 Å². The van der Waals surface area contributed by atoms with Gasteiger partial charge in [-0.15, -0.1) is 21.8 Å². The Balaban J connectivity index is 2.95. The lowest BCUT2D eigenvalue weighted by molar-refractivity contribution is 0.494. The normalized spacial score (nSPS) is 11.4. The zero-order chi connectivity index (χ0) is 12.7. The van der Waals surface area contributed by atoms with Gasteiger partial charge in [0, 0.05) is 12.5 Å². The molecule has 0 aliphatic carbocycles. The molecule has 0 amide bonds. The number of hydrogen-bond acceptors (Lipinski definition) is 2. The minimum atomic E-state index is 0.456. The van der Waals surface area contributed by atoms with Crippen molar-refractivity contribution < 1.29 is 0 Å². The van der Waals surface area contributed by atoms with Gasteiger partial charge in [-0.25, -0.2) is 0 Å². The number of halogens is 1. The second-order valence-corrected chi connectivity index (χ2v) is 4.80. The molecule has 4 heteroatoms. The lowest BCUT2D eigenvalue weighted by Gasteiger charge is -2.16. The van der Waals surface area contributed by atoms with Gasteiger partial charge in [0.1, 0.15) is 11.6 Å². The lowest BCUT2D eigenvalue weighted by Crippen LogP contribution is -2.11. The molecule has 0 aromatic carbocycles. The summed E-state index contributed by atoms with van der Waals surface area (Å²) in [5.74, 6) is 3.06. The van der Waals surface area contributed by atoms with Gasteiger partial charge in [0.15, 0.2) is 0 Å². The van der Waals surface area contributed by atoms with E-state index in [-0.39, 0.29) is 0 Å². The molecule has 0 N–H and O–H groups in total. The highest BCUT2D eigenvalue weighted by Gasteiger charge is 2.19. The highest BCUT2D eigenvalue weighted by atomic mass is 35.5. The molecule has 0 bridgehead atoms. The molecule has 1 aromatic rings. The Morgan fingerprint density at radius 1 is 1.06 bits per heavy atom. The van der Waals surface area contributed by atoms with Gasteiger partial charge in [0.25, 0.3) is 0 Å². The molecule has 0 saturated heterocycles. The summed E-state index contributed by atoms with van der Waals surface area (Å²) in [6, 6.07) is 0. The monoisotopic (exact) mass is 257 g/mol. The summed E-state index contributed by atoms with van der Waals surface area (Å²) >= 11 is 5.92. The van der Waals surface area contributed by atoms with Crippen molar-refractivity contribution in [2.75, 3.05) is 0 Å². The van der Waals surface area contributed by atoms with Crippen LogP contribution >= 0.6 is 11.6 Å². The molecule has 3 nitrogen and oxygen atoms in total. The molecular formula is C13H24ClN3. The van der Waals surface area contributed by atoms with Crippen LogP contribution in [0.15, 0.2) is 0 Å². The molecular weight excluding hydrogens is 234 g/mol. The third kappa shape index (κ3) is 3.70. The van der Waals surface area contributed by atoms with Gasteiger partial charge in [-0.3, -0.25) is 0 Å². The fraction of sp³-hybridized carbons (Fsp3) is 0.846. The van der Waals surface area contributed by atoms with E-state index >= 15 is 0 Å². The summed E-state index contributed by atoms with van der Waals surface area (Å²) in [5.41, 5.74) is 0. The Labute approximate surface area is 110 Å². The topological polar surface area (TPSA) is 30.7 Å². The largest absolute Gasteiger partial charge is 0.314 e. The Morgan fingerprint density at radius 3 is 2.18 bits per heavy atom. The third-order valence-electron chi connectivity index (χ3n) is 3.06. The second-order valence-electron chi connectivity index (χ2n) is 4.53. The van der Waals surface area contributed by atoms with Gasteiger partial charge in [-0.2, -0.15) is 0 Å². The van der Waals surface area contributed by atoms with Gasteiger partial charge in [-0.1, -0.05) is 33.6 Å². The van der Waals surface area contributed by atoms with Crippen molar-refractivity contribution in [2.24, 2.45) is 0 Å². The maximum Gasteiger partial charge on any atom is 0.147 e. The number of alkyl halides is 1. The third-order valence-corrected chi connectivity index (χ3v) is 3.30. The maximum atomic E-state index is 5.92. The number of nitrogens with zero attached hydrogens (tertiary/aromatic N) is 3. The maximum absolute atomic E-state index is 5.92. The van der Waals surface area contributed by atoms with Crippen LogP contribution in [0, 0.1) is 0 Å². The highest BCUT2D eigenvalue weighted by Crippen LogP contribution is 2.26. The fourth-order valence-corrected chi connectivity index (χ4v) is 2.51. The Hall–Kier alpha value is -0.570. The first kappa shape index (κ1) is 14.5. The van der Waals surface area contributed by atoms with Crippen molar-refractivity contribution in [1.82, 2.24) is 14.8 Å². The second kappa shape index (κ2) is 7.70. The summed E-state index contributed by atoms with van der Waals surface area (Å²) in [6.45, 7) is 7.61. The molecule has 0 fully saturated rings. The molecule has 1 heterocycles. The molecule has 0 saturated carbocycles. The summed E-state index contributed by atoms with van der Waals surface area (Å²) in [5, 5.41) is 8.59. The Kier molecular flexibility index (Phi) is 6.56. The van der Waals surface area contributed by atoms with Crippen LogP contribution in [0.1, 0.15) is 70.4 Å². The van der Waals surface area contributed by atoms with Crippen LogP contribution in [0.2, 0.25) is 0 Å². The van der Waals surface area contributed by atoms with Crippen molar-refractivity contribution >= 4 is 11.6 Å². The van der Waals surface area contributed by atoms with Gasteiger partial charge < -0.3 is 4.57 Å². The first-order chi connectivity index (χ1) is 8.28. The molecule has 0 aliphatic rings. The summed E-state index contributed by atoms with van der Waals surface area (Å²) < 4.78 is 2.23. The van der Waals surface area contributed by atoms with Gasteiger partial charge in [-0.05, 0) is 19.3 Å². The van der Waals surface area contributed by atoms with E-state index in [1.165, 1.54) is 25.7 Å². The summed E-state index contributed by atoms with van der Waals surface area (Å²) in [7, 11) is 0. The molecule has 1 aromatic heterocycles. The molecule has 0 unspecified atom stereocenters. The molecule has 0 aliphatic heterocycles. The first-order valence-corrected chi connectivity index (χ1v) is 7.29. The van der Waals surface area contributed by atoms with Crippen molar-refractivity contribution in [2.45, 2.75) is 71.2 Å². The van der Waals surface area contributed by atoms with Crippen LogP contribution < -0.4 is 0 Å². The molecule has 98 valence electrons. The Bertz CT molecular complexity index is 316. The van der Waals surface area contributed by atoms with Crippen LogP contribution in [-0.2, 0) is 12.4 Å². The van der Waals surface area contributed by atoms with Crippen LogP contribution in [0.4, 0.5) is 0 Å². The molecule has 1 rings (SSSR count). The van der Waals surface area contributed by atoms with Gasteiger partial charge in [0.2, 0.25) is 0 Å². The minimum absolute atomic E-state index is 0.456. The lowest BCUT2D eigenvalue weighted by atomic mass is 9.97. The van der Waals surface area contributed by atoms with E-state index in [2.05, 4.69) is 35.5 Å². The van der Waals surface area contributed by atoms with Crippen molar-refractivity contribution in [1.29, 1.82) is 0 Å². The number of hydrogen-bond donors (Lipinski definition) is 0. The zero-order valence-corrected chi connectivity index (χ0v) is 12.0. The van der Waals surface area contributed by atoms with E-state index in [4.69, 9.17) is 11.6 Å². The predicted octanol–water partition coefficient (Wildman–Crippen LogP) is 4.11. The first-order valence-electron chi connectivity index (χ1n) is 6.76. The standard InChI is InChI=1S/C13H24ClN3/c1-4-7-11(8-5-2)13-16-15-12(10-14)17(13)9-6-3/h11H,4-10H2,1-3H3. The molecule has 0 atom stereocenters. The van der Waals surface area contributed by atoms with E-state index in [0.717, 1.165) is 24.6 Å². The molecule has 0 radical (unpaired) electrons. The van der Waals surface area contributed by atoms with E-state index in [1.54, 1.807) is 0 Å². The predicted molar refractivity (Wildman–Crippen MR) is 72.4 cm³/mol. The van der Waals surface area contributed by atoms with Crippen molar-refractivity contribution in [3.8, 4) is 0 Å². The quantitative estimate of drug-likeness (QED) is 0.656. The Morgan fingerprint density at radius 2 is 1.71 bits per heavy atom. The van der Waals surface area contributed by atoms with Crippen LogP contribution in [0.25, 0.3) is 0 Å². The van der Waals surface area contributed by atoms with Crippen molar-refractivity contribution in [3.63, 3.8) is 0 Å². The zero-order valence-electron chi connectivity index (χ0n) is 11.2.